The van der Waals surface area contributed by atoms with Gasteiger partial charge < -0.3 is 9.84 Å². The molecule has 0 amide bonds. The van der Waals surface area contributed by atoms with Crippen molar-refractivity contribution in [3.8, 4) is 17.6 Å². The van der Waals surface area contributed by atoms with Crippen LogP contribution in [0.15, 0.2) is 48.7 Å². The molecule has 2 aromatic carbocycles. The van der Waals surface area contributed by atoms with Crippen LogP contribution >= 0.6 is 23.2 Å². The molecule has 0 radical (unpaired) electrons. The smallest absolute Gasteiger partial charge is 0.303 e. The Kier molecular flexibility index (Phi) is 9.85. The topological polar surface area (TPSA) is 62.7 Å². The molecule has 1 aliphatic heterocycles. The predicted molar refractivity (Wildman–Crippen MR) is 150 cm³/mol. The highest BCUT2D eigenvalue weighted by Gasteiger charge is 2.30. The van der Waals surface area contributed by atoms with E-state index >= 15 is 4.39 Å². The summed E-state index contributed by atoms with van der Waals surface area (Å²) < 4.78 is 20.9. The Hall–Kier alpha value is -2.85. The largest absolute Gasteiger partial charge is 0.497 e. The van der Waals surface area contributed by atoms with Gasteiger partial charge in [0, 0.05) is 30.1 Å². The Morgan fingerprint density at radius 2 is 2.08 bits per heavy atom. The lowest BCUT2D eigenvalue weighted by Crippen LogP contribution is -2.41. The number of benzene rings is 2. The minimum atomic E-state index is -1.14. The van der Waals surface area contributed by atoms with E-state index in [1.807, 2.05) is 30.3 Å². The number of ether oxygens (including phenoxy) is 1. The summed E-state index contributed by atoms with van der Waals surface area (Å²) in [7, 11) is 1.59. The molecule has 1 aliphatic rings. The first-order valence-electron chi connectivity index (χ1n) is 12.8. The van der Waals surface area contributed by atoms with E-state index in [1.165, 1.54) is 0 Å². The van der Waals surface area contributed by atoms with Crippen molar-refractivity contribution in [1.29, 1.82) is 0 Å². The summed E-state index contributed by atoms with van der Waals surface area (Å²) in [6, 6.07) is 12.6. The van der Waals surface area contributed by atoms with Crippen LogP contribution in [0.25, 0.3) is 10.9 Å². The van der Waals surface area contributed by atoms with Crippen molar-refractivity contribution < 1.29 is 19.0 Å². The van der Waals surface area contributed by atoms with Gasteiger partial charge >= 0.3 is 5.97 Å². The van der Waals surface area contributed by atoms with Crippen LogP contribution in [0, 0.1) is 23.7 Å². The number of carboxylic acids is 1. The summed E-state index contributed by atoms with van der Waals surface area (Å²) in [4.78, 5) is 17.9. The van der Waals surface area contributed by atoms with Crippen molar-refractivity contribution in [3.05, 3.63) is 69.8 Å². The third-order valence-corrected chi connectivity index (χ3v) is 8.11. The van der Waals surface area contributed by atoms with E-state index < -0.39 is 12.1 Å². The van der Waals surface area contributed by atoms with E-state index in [2.05, 4.69) is 21.7 Å². The number of carboxylic acid groups (broad SMARTS) is 1. The molecule has 0 bridgehead atoms. The molecule has 0 saturated carbocycles. The number of aliphatic carboxylic acids is 1. The zero-order valence-electron chi connectivity index (χ0n) is 21.3. The first kappa shape index (κ1) is 28.2. The van der Waals surface area contributed by atoms with Crippen LogP contribution in [-0.4, -0.2) is 47.7 Å². The normalized spacial score (nSPS) is 18.5. The molecule has 38 heavy (non-hydrogen) atoms. The summed E-state index contributed by atoms with van der Waals surface area (Å²) in [5.41, 5.74) is 2.04. The molecule has 2 heterocycles. The van der Waals surface area contributed by atoms with E-state index in [1.54, 1.807) is 25.4 Å². The van der Waals surface area contributed by atoms with Crippen molar-refractivity contribution in [1.82, 2.24) is 9.88 Å². The molecule has 0 spiro atoms. The van der Waals surface area contributed by atoms with Crippen LogP contribution in [0.4, 0.5) is 4.39 Å². The van der Waals surface area contributed by atoms with Crippen LogP contribution in [0.1, 0.15) is 49.4 Å². The van der Waals surface area contributed by atoms with Crippen molar-refractivity contribution in [2.45, 2.75) is 38.3 Å². The maximum atomic E-state index is 15.6. The molecule has 3 atom stereocenters. The molecule has 8 heteroatoms. The molecule has 1 unspecified atom stereocenters. The molecule has 1 saturated heterocycles. The number of methoxy groups -OCH3 is 1. The van der Waals surface area contributed by atoms with Gasteiger partial charge in [-0.05, 0) is 86.0 Å². The van der Waals surface area contributed by atoms with Crippen LogP contribution in [-0.2, 0) is 4.79 Å². The predicted octanol–water partition coefficient (Wildman–Crippen LogP) is 7.20. The molecule has 5 nitrogen and oxygen atoms in total. The maximum Gasteiger partial charge on any atom is 0.303 e. The second-order valence-electron chi connectivity index (χ2n) is 9.71. The third kappa shape index (κ3) is 7.17. The van der Waals surface area contributed by atoms with Gasteiger partial charge in [0.1, 0.15) is 11.9 Å². The Labute approximate surface area is 232 Å². The van der Waals surface area contributed by atoms with E-state index in [0.717, 1.165) is 30.4 Å². The fraction of sp³-hybridized carbons (Fsp3) is 0.400. The molecule has 200 valence electrons. The van der Waals surface area contributed by atoms with Crippen LogP contribution < -0.4 is 4.74 Å². The van der Waals surface area contributed by atoms with Gasteiger partial charge in [-0.2, -0.15) is 0 Å². The van der Waals surface area contributed by atoms with Gasteiger partial charge in [-0.15, -0.1) is 0 Å². The molecular weight excluding hydrogens is 526 g/mol. The average molecular weight is 557 g/mol. The number of pyridine rings is 1. The second-order valence-corrected chi connectivity index (χ2v) is 10.5. The van der Waals surface area contributed by atoms with Crippen molar-refractivity contribution in [2.24, 2.45) is 11.8 Å². The number of likely N-dealkylation sites (tertiary alicyclic amines) is 1. The van der Waals surface area contributed by atoms with Gasteiger partial charge in [0.15, 0.2) is 0 Å². The number of aromatic nitrogens is 1. The molecule has 3 aromatic rings. The average Bonchev–Trinajstić information content (AvgIpc) is 2.92. The molecule has 4 rings (SSSR count). The molecule has 1 aromatic heterocycles. The van der Waals surface area contributed by atoms with Gasteiger partial charge in [-0.1, -0.05) is 41.1 Å². The Balaban J connectivity index is 1.40. The van der Waals surface area contributed by atoms with E-state index in [-0.39, 0.29) is 18.3 Å². The van der Waals surface area contributed by atoms with E-state index in [4.69, 9.17) is 27.9 Å². The zero-order chi connectivity index (χ0) is 27.1. The Bertz CT molecular complexity index is 1340. The number of halogens is 3. The number of carbonyl (C=O) groups is 1. The lowest BCUT2D eigenvalue weighted by Gasteiger charge is -2.38. The number of piperidine rings is 1. The lowest BCUT2D eigenvalue weighted by molar-refractivity contribution is -0.137. The van der Waals surface area contributed by atoms with Crippen LogP contribution in [0.3, 0.4) is 0 Å². The fourth-order valence-corrected chi connectivity index (χ4v) is 5.57. The first-order chi connectivity index (χ1) is 18.4. The summed E-state index contributed by atoms with van der Waals surface area (Å²) in [5, 5.41) is 11.0. The number of hydrogen-bond donors (Lipinski definition) is 1. The number of nitrogens with zero attached hydrogens (tertiary/aromatic N) is 2. The van der Waals surface area contributed by atoms with Gasteiger partial charge in [-0.3, -0.25) is 14.7 Å². The monoisotopic (exact) mass is 556 g/mol. The van der Waals surface area contributed by atoms with Crippen LogP contribution in [0.2, 0.25) is 10.0 Å². The van der Waals surface area contributed by atoms with Crippen LogP contribution in [0.5, 0.6) is 5.75 Å². The van der Waals surface area contributed by atoms with Crippen molar-refractivity contribution in [3.63, 3.8) is 0 Å². The fourth-order valence-electron chi connectivity index (χ4n) is 5.23. The standard InChI is InChI=1S/C30H31Cl2FN2O3/c1-38-23-9-11-28-25(18-23)24(13-15-34-28)27(33)10-7-20-14-17-35(19-22(20)8-12-29(36)37)16-3-5-21-4-2-6-26(31)30(21)32/h2,4,6,9,11,13,15,18,20,22,27H,7-8,10,12,14,16-17,19H2,1H3,(H,36,37)/t20-,22+,27?/m1/s1. The van der Waals surface area contributed by atoms with Gasteiger partial charge in [0.25, 0.3) is 0 Å². The minimum Gasteiger partial charge on any atom is -0.497 e. The quantitative estimate of drug-likeness (QED) is 0.282. The van der Waals surface area contributed by atoms with E-state index in [0.29, 0.717) is 52.7 Å². The van der Waals surface area contributed by atoms with Gasteiger partial charge in [0.2, 0.25) is 0 Å². The lowest BCUT2D eigenvalue weighted by atomic mass is 9.79. The van der Waals surface area contributed by atoms with E-state index in [9.17, 15) is 9.90 Å². The number of rotatable bonds is 9. The first-order valence-corrected chi connectivity index (χ1v) is 13.5. The molecule has 1 fully saturated rings. The van der Waals surface area contributed by atoms with Gasteiger partial charge in [0.05, 0.1) is 29.2 Å². The highest BCUT2D eigenvalue weighted by Crippen LogP contribution is 2.36. The molecule has 1 N–H and O–H groups in total. The number of alkyl halides is 1. The minimum absolute atomic E-state index is 0.104. The summed E-state index contributed by atoms with van der Waals surface area (Å²) in [5.74, 6) is 6.55. The summed E-state index contributed by atoms with van der Waals surface area (Å²) in [6.07, 6.45) is 3.11. The Morgan fingerprint density at radius 3 is 2.87 bits per heavy atom. The third-order valence-electron chi connectivity index (χ3n) is 7.29. The maximum absolute atomic E-state index is 15.6. The second kappa shape index (κ2) is 13.3. The van der Waals surface area contributed by atoms with Crippen molar-refractivity contribution in [2.75, 3.05) is 26.7 Å². The SMILES string of the molecule is COc1ccc2nccc(C(F)CC[C@@H]3CCN(CC#Cc4cccc(Cl)c4Cl)C[C@@H]3CCC(=O)O)c2c1. The highest BCUT2D eigenvalue weighted by atomic mass is 35.5. The Morgan fingerprint density at radius 1 is 1.24 bits per heavy atom. The highest BCUT2D eigenvalue weighted by molar-refractivity contribution is 6.42. The number of hydrogen-bond acceptors (Lipinski definition) is 4. The molecule has 0 aliphatic carbocycles. The van der Waals surface area contributed by atoms with Crippen molar-refractivity contribution >= 4 is 40.1 Å². The summed E-state index contributed by atoms with van der Waals surface area (Å²) >= 11 is 12.3. The molecular formula is C30H31Cl2FN2O3. The summed E-state index contributed by atoms with van der Waals surface area (Å²) in [6.45, 7) is 2.12. The number of fused-ring (bicyclic) bond motifs is 1. The van der Waals surface area contributed by atoms with Gasteiger partial charge in [-0.25, -0.2) is 4.39 Å². The zero-order valence-corrected chi connectivity index (χ0v) is 22.8.